The Balaban J connectivity index is 0.000000180. The standard InChI is InChI=1S/C5H5N.CH6N2O/c1-2-4-6-5-3-1;2-3-1-4/h1-5H;3-4H,1-2H2. The van der Waals surface area contributed by atoms with E-state index in [4.69, 9.17) is 5.11 Å². The van der Waals surface area contributed by atoms with E-state index >= 15 is 0 Å². The van der Waals surface area contributed by atoms with Crippen molar-refractivity contribution >= 4 is 0 Å². The van der Waals surface area contributed by atoms with Crippen LogP contribution >= 0.6 is 0 Å². The number of nitrogens with zero attached hydrogens (tertiary/aromatic N) is 1. The van der Waals surface area contributed by atoms with Gasteiger partial charge >= 0.3 is 0 Å². The van der Waals surface area contributed by atoms with Crippen LogP contribution in [0, 0.1) is 0 Å². The molecule has 0 bridgehead atoms. The third-order valence-corrected chi connectivity index (χ3v) is 0.658. The summed E-state index contributed by atoms with van der Waals surface area (Å²) in [5, 5.41) is 7.64. The third kappa shape index (κ3) is 7.03. The quantitative estimate of drug-likeness (QED) is 0.279. The highest BCUT2D eigenvalue weighted by molar-refractivity contribution is 4.88. The average Bonchev–Trinajstić information content (AvgIpc) is 2.08. The van der Waals surface area contributed by atoms with Gasteiger partial charge in [-0.3, -0.25) is 10.8 Å². The first-order valence-corrected chi connectivity index (χ1v) is 2.81. The van der Waals surface area contributed by atoms with Crippen LogP contribution in [-0.4, -0.2) is 16.8 Å². The van der Waals surface area contributed by atoms with E-state index in [1.807, 2.05) is 23.6 Å². The van der Waals surface area contributed by atoms with Gasteiger partial charge in [-0.05, 0) is 12.1 Å². The molecule has 0 aliphatic carbocycles. The van der Waals surface area contributed by atoms with Crippen LogP contribution < -0.4 is 11.3 Å². The van der Waals surface area contributed by atoms with E-state index in [2.05, 4.69) is 10.8 Å². The number of aliphatic hydroxyl groups is 1. The Morgan fingerprint density at radius 1 is 1.30 bits per heavy atom. The van der Waals surface area contributed by atoms with Crippen molar-refractivity contribution in [3.05, 3.63) is 30.6 Å². The van der Waals surface area contributed by atoms with E-state index in [1.54, 1.807) is 12.4 Å². The molecule has 1 aromatic rings. The second-order valence-corrected chi connectivity index (χ2v) is 1.39. The zero-order chi connectivity index (χ0) is 7.66. The van der Waals surface area contributed by atoms with Gasteiger partial charge in [0.1, 0.15) is 6.73 Å². The Bertz CT molecular complexity index is 105. The molecule has 1 heterocycles. The molecule has 0 fully saturated rings. The number of aliphatic hydroxyl groups excluding tert-OH is 1. The van der Waals surface area contributed by atoms with Crippen LogP contribution in [0.1, 0.15) is 0 Å². The minimum Gasteiger partial charge on any atom is -0.380 e. The number of nitrogens with one attached hydrogen (secondary N) is 1. The van der Waals surface area contributed by atoms with Gasteiger partial charge in [0, 0.05) is 12.4 Å². The van der Waals surface area contributed by atoms with Gasteiger partial charge in [-0.2, -0.15) is 0 Å². The summed E-state index contributed by atoms with van der Waals surface area (Å²) in [5.74, 6) is 4.53. The Hall–Kier alpha value is -0.970. The van der Waals surface area contributed by atoms with E-state index < -0.39 is 0 Å². The molecule has 0 aliphatic rings. The van der Waals surface area contributed by atoms with Crippen LogP contribution in [0.15, 0.2) is 30.6 Å². The number of nitrogens with two attached hydrogens (primary N) is 1. The minimum absolute atomic E-state index is 0.153. The molecule has 4 heteroatoms. The van der Waals surface area contributed by atoms with E-state index in [-0.39, 0.29) is 6.73 Å². The van der Waals surface area contributed by atoms with Crippen molar-refractivity contribution in [1.82, 2.24) is 10.4 Å². The summed E-state index contributed by atoms with van der Waals surface area (Å²) in [6, 6.07) is 5.72. The maximum Gasteiger partial charge on any atom is 0.105 e. The van der Waals surface area contributed by atoms with Gasteiger partial charge < -0.3 is 5.11 Å². The number of hydrazine groups is 1. The van der Waals surface area contributed by atoms with E-state index in [1.165, 1.54) is 0 Å². The Morgan fingerprint density at radius 3 is 1.90 bits per heavy atom. The summed E-state index contributed by atoms with van der Waals surface area (Å²) in [4.78, 5) is 3.78. The van der Waals surface area contributed by atoms with Crippen molar-refractivity contribution < 1.29 is 5.11 Å². The lowest BCUT2D eigenvalue weighted by molar-refractivity contribution is 0.263. The smallest absolute Gasteiger partial charge is 0.105 e. The van der Waals surface area contributed by atoms with Crippen molar-refractivity contribution in [1.29, 1.82) is 0 Å². The van der Waals surface area contributed by atoms with Crippen LogP contribution in [0.2, 0.25) is 0 Å². The molecule has 1 aromatic heterocycles. The van der Waals surface area contributed by atoms with Gasteiger partial charge in [-0.25, -0.2) is 5.43 Å². The van der Waals surface area contributed by atoms with E-state index in [0.29, 0.717) is 0 Å². The molecule has 0 saturated heterocycles. The number of rotatable bonds is 1. The van der Waals surface area contributed by atoms with Gasteiger partial charge in [0.25, 0.3) is 0 Å². The minimum atomic E-state index is -0.153. The fourth-order valence-corrected chi connectivity index (χ4v) is 0.313. The molecular formula is C6H11N3O. The van der Waals surface area contributed by atoms with Crippen molar-refractivity contribution in [3.63, 3.8) is 0 Å². The molecule has 0 radical (unpaired) electrons. The maximum absolute atomic E-state index is 7.64. The Labute approximate surface area is 59.7 Å². The van der Waals surface area contributed by atoms with Crippen molar-refractivity contribution in [3.8, 4) is 0 Å². The monoisotopic (exact) mass is 141 g/mol. The predicted molar refractivity (Wildman–Crippen MR) is 38.6 cm³/mol. The first kappa shape index (κ1) is 9.03. The SMILES string of the molecule is NNCO.c1ccncc1. The molecule has 0 aromatic carbocycles. The van der Waals surface area contributed by atoms with Crippen molar-refractivity contribution in [2.45, 2.75) is 0 Å². The third-order valence-electron chi connectivity index (χ3n) is 0.658. The maximum atomic E-state index is 7.64. The van der Waals surface area contributed by atoms with Crippen LogP contribution in [0.25, 0.3) is 0 Å². The largest absolute Gasteiger partial charge is 0.380 e. The van der Waals surface area contributed by atoms with Crippen molar-refractivity contribution in [2.24, 2.45) is 5.84 Å². The second kappa shape index (κ2) is 8.03. The molecule has 1 rings (SSSR count). The highest BCUT2D eigenvalue weighted by atomic mass is 16.3. The topological polar surface area (TPSA) is 71.2 Å². The predicted octanol–water partition coefficient (Wildman–Crippen LogP) is -0.519. The zero-order valence-corrected chi connectivity index (χ0v) is 5.57. The number of pyridine rings is 1. The lowest BCUT2D eigenvalue weighted by Crippen LogP contribution is -2.21. The summed E-state index contributed by atoms with van der Waals surface area (Å²) in [6.45, 7) is -0.153. The fraction of sp³-hybridized carbons (Fsp3) is 0.167. The normalized spacial score (nSPS) is 7.80. The van der Waals surface area contributed by atoms with Gasteiger partial charge in [0.15, 0.2) is 0 Å². The fourth-order valence-electron chi connectivity index (χ4n) is 0.313. The molecule has 4 N–H and O–H groups in total. The Morgan fingerprint density at radius 2 is 1.80 bits per heavy atom. The average molecular weight is 141 g/mol. The number of hydrogen-bond donors (Lipinski definition) is 3. The molecule has 0 spiro atoms. The summed E-state index contributed by atoms with van der Waals surface area (Å²) in [7, 11) is 0. The first-order chi connectivity index (χ1) is 4.91. The second-order valence-electron chi connectivity index (χ2n) is 1.39. The lowest BCUT2D eigenvalue weighted by Gasteiger charge is -1.77. The summed E-state index contributed by atoms with van der Waals surface area (Å²) in [6.07, 6.45) is 3.50. The highest BCUT2D eigenvalue weighted by Crippen LogP contribution is 1.73. The van der Waals surface area contributed by atoms with Gasteiger partial charge in [0.2, 0.25) is 0 Å². The van der Waals surface area contributed by atoms with Crippen LogP contribution in [0.5, 0.6) is 0 Å². The van der Waals surface area contributed by atoms with Crippen LogP contribution in [0.3, 0.4) is 0 Å². The molecule has 10 heavy (non-hydrogen) atoms. The highest BCUT2D eigenvalue weighted by Gasteiger charge is 1.58. The summed E-state index contributed by atoms with van der Waals surface area (Å²) < 4.78 is 0. The number of hydrogen-bond acceptors (Lipinski definition) is 4. The van der Waals surface area contributed by atoms with E-state index in [9.17, 15) is 0 Å². The van der Waals surface area contributed by atoms with Gasteiger partial charge in [-0.1, -0.05) is 6.07 Å². The molecule has 0 aliphatic heterocycles. The Kier molecular flexibility index (Phi) is 7.25. The molecule has 0 unspecified atom stereocenters. The van der Waals surface area contributed by atoms with Gasteiger partial charge in [0.05, 0.1) is 0 Å². The zero-order valence-electron chi connectivity index (χ0n) is 5.57. The molecular weight excluding hydrogens is 130 g/mol. The summed E-state index contributed by atoms with van der Waals surface area (Å²) in [5.41, 5.74) is 1.99. The van der Waals surface area contributed by atoms with Crippen LogP contribution in [-0.2, 0) is 0 Å². The lowest BCUT2D eigenvalue weighted by atomic mass is 10.5. The first-order valence-electron chi connectivity index (χ1n) is 2.81. The number of aromatic nitrogens is 1. The molecule has 0 atom stereocenters. The molecule has 56 valence electrons. The molecule has 0 amide bonds. The molecule has 4 nitrogen and oxygen atoms in total. The van der Waals surface area contributed by atoms with Crippen LogP contribution in [0.4, 0.5) is 0 Å². The van der Waals surface area contributed by atoms with Gasteiger partial charge in [-0.15, -0.1) is 0 Å². The molecule has 0 saturated carbocycles. The van der Waals surface area contributed by atoms with Crippen molar-refractivity contribution in [2.75, 3.05) is 6.73 Å². The summed E-state index contributed by atoms with van der Waals surface area (Å²) >= 11 is 0. The van der Waals surface area contributed by atoms with E-state index in [0.717, 1.165) is 0 Å².